The molecule has 1 saturated heterocycles. The van der Waals surface area contributed by atoms with Gasteiger partial charge < -0.3 is 15.0 Å². The van der Waals surface area contributed by atoms with Crippen molar-refractivity contribution in [1.29, 1.82) is 0 Å². The summed E-state index contributed by atoms with van der Waals surface area (Å²) in [6.07, 6.45) is 4.54. The molecule has 2 aromatic heterocycles. The number of carbonyl (C=O) groups is 2. The Morgan fingerprint density at radius 1 is 1.19 bits per heavy atom. The first kappa shape index (κ1) is 23.4. The Morgan fingerprint density at radius 2 is 1.94 bits per heavy atom. The number of likely N-dealkylation sites (tertiary alicyclic amines) is 1. The monoisotopic (exact) mass is 447 g/mol. The van der Waals surface area contributed by atoms with Gasteiger partial charge in [0.05, 0.1) is 25.1 Å². The van der Waals surface area contributed by atoms with Crippen LogP contribution in [-0.4, -0.2) is 66.6 Å². The summed E-state index contributed by atoms with van der Waals surface area (Å²) in [5, 5.41) is 3.73. The minimum absolute atomic E-state index is 0.0489. The summed E-state index contributed by atoms with van der Waals surface area (Å²) in [5.41, 5.74) is 0.804. The maximum Gasteiger partial charge on any atom is 0.348 e. The second-order valence-electron chi connectivity index (χ2n) is 7.96. The van der Waals surface area contributed by atoms with E-state index in [9.17, 15) is 9.59 Å². The number of amides is 1. The van der Waals surface area contributed by atoms with Crippen LogP contribution in [0.2, 0.25) is 0 Å². The Morgan fingerprint density at radius 3 is 2.61 bits per heavy atom. The van der Waals surface area contributed by atoms with Crippen molar-refractivity contribution in [2.24, 2.45) is 0 Å². The van der Waals surface area contributed by atoms with E-state index in [4.69, 9.17) is 14.7 Å². The van der Waals surface area contributed by atoms with Gasteiger partial charge in [0.2, 0.25) is 5.91 Å². The standard InChI is InChI=1S/C22H33N5O3S/c1-5-10-23-17(28)14-26(4)20-18-15(3)19(22(29)30-6-2)31-21(18)25-16(24-20)13-27-11-8-7-9-12-27/h5-14H2,1-4H3,(H,23,28). The number of nitrogens with zero attached hydrogens (tertiary/aromatic N) is 4. The third-order valence-corrected chi connectivity index (χ3v) is 6.57. The fourth-order valence-corrected chi connectivity index (χ4v) is 4.92. The van der Waals surface area contributed by atoms with Gasteiger partial charge in [0.1, 0.15) is 21.3 Å². The number of ether oxygens (including phenoxy) is 1. The van der Waals surface area contributed by atoms with Crippen molar-refractivity contribution in [2.75, 3.05) is 44.7 Å². The molecule has 1 N–H and O–H groups in total. The van der Waals surface area contributed by atoms with Crippen LogP contribution in [-0.2, 0) is 16.1 Å². The predicted molar refractivity (Wildman–Crippen MR) is 124 cm³/mol. The lowest BCUT2D eigenvalue weighted by Crippen LogP contribution is -2.36. The maximum absolute atomic E-state index is 12.5. The largest absolute Gasteiger partial charge is 0.462 e. The second-order valence-corrected chi connectivity index (χ2v) is 8.96. The van der Waals surface area contributed by atoms with E-state index < -0.39 is 0 Å². The highest BCUT2D eigenvalue weighted by Crippen LogP contribution is 2.36. The summed E-state index contributed by atoms with van der Waals surface area (Å²) in [6, 6.07) is 0. The van der Waals surface area contributed by atoms with Gasteiger partial charge in [-0.2, -0.15) is 0 Å². The number of nitrogens with one attached hydrogen (secondary N) is 1. The third kappa shape index (κ3) is 5.71. The Labute approximate surface area is 188 Å². The topological polar surface area (TPSA) is 87.7 Å². The fraction of sp³-hybridized carbons (Fsp3) is 0.636. The van der Waals surface area contributed by atoms with E-state index >= 15 is 0 Å². The Bertz CT molecular complexity index is 923. The number of thiophene rings is 1. The molecule has 0 atom stereocenters. The molecule has 8 nitrogen and oxygen atoms in total. The number of rotatable bonds is 9. The second kappa shape index (κ2) is 10.9. The summed E-state index contributed by atoms with van der Waals surface area (Å²) in [4.78, 5) is 40.0. The fourth-order valence-electron chi connectivity index (χ4n) is 3.83. The summed E-state index contributed by atoms with van der Waals surface area (Å²) in [5.74, 6) is 1.02. The third-order valence-electron chi connectivity index (χ3n) is 5.41. The number of carbonyl (C=O) groups excluding carboxylic acids is 2. The average molecular weight is 448 g/mol. The highest BCUT2D eigenvalue weighted by molar-refractivity contribution is 7.20. The van der Waals surface area contributed by atoms with Crippen molar-refractivity contribution in [3.8, 4) is 0 Å². The number of esters is 1. The van der Waals surface area contributed by atoms with Crippen molar-refractivity contribution >= 4 is 39.2 Å². The van der Waals surface area contributed by atoms with Crippen molar-refractivity contribution in [3.63, 3.8) is 0 Å². The van der Waals surface area contributed by atoms with Crippen LogP contribution in [0, 0.1) is 6.92 Å². The highest BCUT2D eigenvalue weighted by Gasteiger charge is 2.24. The van der Waals surface area contributed by atoms with Gasteiger partial charge >= 0.3 is 5.97 Å². The van der Waals surface area contributed by atoms with E-state index in [1.165, 1.54) is 30.6 Å². The first-order valence-corrected chi connectivity index (χ1v) is 11.9. The van der Waals surface area contributed by atoms with Crippen LogP contribution in [0.25, 0.3) is 10.2 Å². The zero-order valence-corrected chi connectivity index (χ0v) is 19.8. The lowest BCUT2D eigenvalue weighted by atomic mass is 10.1. The lowest BCUT2D eigenvalue weighted by molar-refractivity contribution is -0.119. The maximum atomic E-state index is 12.5. The summed E-state index contributed by atoms with van der Waals surface area (Å²) in [7, 11) is 1.86. The molecular formula is C22H33N5O3S. The normalized spacial score (nSPS) is 14.6. The zero-order chi connectivity index (χ0) is 22.4. The first-order valence-electron chi connectivity index (χ1n) is 11.1. The summed E-state index contributed by atoms with van der Waals surface area (Å²) >= 11 is 1.34. The molecule has 0 saturated carbocycles. The van der Waals surface area contributed by atoms with E-state index in [1.54, 1.807) is 6.92 Å². The SMILES string of the molecule is CCCNC(=O)CN(C)c1nc(CN2CCCCC2)nc2sc(C(=O)OCC)c(C)c12. The number of piperidine rings is 1. The van der Waals surface area contributed by atoms with E-state index in [0.29, 0.717) is 30.4 Å². The average Bonchev–Trinajstić information content (AvgIpc) is 3.09. The van der Waals surface area contributed by atoms with Crippen LogP contribution in [0.3, 0.4) is 0 Å². The number of aryl methyl sites for hydroxylation is 1. The van der Waals surface area contributed by atoms with Gasteiger partial charge in [0, 0.05) is 13.6 Å². The van der Waals surface area contributed by atoms with Gasteiger partial charge in [0.25, 0.3) is 0 Å². The van der Waals surface area contributed by atoms with Crippen LogP contribution in [0.5, 0.6) is 0 Å². The Balaban J connectivity index is 1.98. The molecule has 1 fully saturated rings. The van der Waals surface area contributed by atoms with Crippen molar-refractivity contribution in [2.45, 2.75) is 53.0 Å². The van der Waals surface area contributed by atoms with Crippen LogP contribution in [0.1, 0.15) is 60.6 Å². The molecule has 1 aliphatic rings. The molecule has 0 unspecified atom stereocenters. The molecule has 9 heteroatoms. The molecule has 0 spiro atoms. The first-order chi connectivity index (χ1) is 14.9. The number of likely N-dealkylation sites (N-methyl/N-ethyl adjacent to an activating group) is 1. The quantitative estimate of drug-likeness (QED) is 0.591. The van der Waals surface area contributed by atoms with Gasteiger partial charge in [-0.1, -0.05) is 13.3 Å². The molecule has 170 valence electrons. The molecule has 1 amide bonds. The Hall–Kier alpha value is -2.26. The van der Waals surface area contributed by atoms with Gasteiger partial charge in [0.15, 0.2) is 0 Å². The number of anilines is 1. The smallest absolute Gasteiger partial charge is 0.348 e. The van der Waals surface area contributed by atoms with Gasteiger partial charge in [-0.25, -0.2) is 14.8 Å². The van der Waals surface area contributed by atoms with E-state index in [0.717, 1.165) is 41.1 Å². The molecule has 0 bridgehead atoms. The summed E-state index contributed by atoms with van der Waals surface area (Å²) in [6.45, 7) is 9.64. The van der Waals surface area contributed by atoms with Crippen LogP contribution in [0.15, 0.2) is 0 Å². The van der Waals surface area contributed by atoms with Crippen molar-refractivity contribution in [3.05, 3.63) is 16.3 Å². The van der Waals surface area contributed by atoms with Crippen molar-refractivity contribution in [1.82, 2.24) is 20.2 Å². The minimum Gasteiger partial charge on any atom is -0.462 e. The van der Waals surface area contributed by atoms with Crippen LogP contribution < -0.4 is 10.2 Å². The van der Waals surface area contributed by atoms with Crippen LogP contribution in [0.4, 0.5) is 5.82 Å². The number of hydrogen-bond acceptors (Lipinski definition) is 8. The molecule has 31 heavy (non-hydrogen) atoms. The molecule has 0 radical (unpaired) electrons. The van der Waals surface area contributed by atoms with Gasteiger partial charge in [-0.3, -0.25) is 9.69 Å². The highest BCUT2D eigenvalue weighted by atomic mass is 32.1. The molecule has 3 heterocycles. The van der Waals surface area contributed by atoms with Gasteiger partial charge in [-0.15, -0.1) is 11.3 Å². The molecule has 0 aliphatic carbocycles. The predicted octanol–water partition coefficient (Wildman–Crippen LogP) is 3.12. The minimum atomic E-state index is -0.338. The van der Waals surface area contributed by atoms with Crippen molar-refractivity contribution < 1.29 is 14.3 Å². The summed E-state index contributed by atoms with van der Waals surface area (Å²) < 4.78 is 5.24. The van der Waals surface area contributed by atoms with E-state index in [-0.39, 0.29) is 18.4 Å². The van der Waals surface area contributed by atoms with E-state index in [2.05, 4.69) is 10.2 Å². The molecular weight excluding hydrogens is 414 g/mol. The van der Waals surface area contributed by atoms with Gasteiger partial charge in [-0.05, 0) is 51.8 Å². The lowest BCUT2D eigenvalue weighted by Gasteiger charge is -2.26. The molecule has 0 aromatic carbocycles. The number of fused-ring (bicyclic) bond motifs is 1. The van der Waals surface area contributed by atoms with E-state index in [1.807, 2.05) is 25.8 Å². The molecule has 1 aliphatic heterocycles. The molecule has 2 aromatic rings. The molecule has 3 rings (SSSR count). The zero-order valence-electron chi connectivity index (χ0n) is 19.0. The Kier molecular flexibility index (Phi) is 8.20. The number of hydrogen-bond donors (Lipinski definition) is 1. The van der Waals surface area contributed by atoms with Crippen LogP contribution >= 0.6 is 11.3 Å². The number of aromatic nitrogens is 2.